The van der Waals surface area contributed by atoms with Crippen molar-refractivity contribution in [3.8, 4) is 0 Å². The van der Waals surface area contributed by atoms with Gasteiger partial charge >= 0.3 is 6.09 Å². The lowest BCUT2D eigenvalue weighted by molar-refractivity contribution is 0.0504. The van der Waals surface area contributed by atoms with Crippen LogP contribution in [0.1, 0.15) is 38.8 Å². The number of amides is 1. The molecule has 1 rings (SSSR count). The number of hydrogen-bond acceptors (Lipinski definition) is 4. The van der Waals surface area contributed by atoms with E-state index in [1.807, 2.05) is 0 Å². The van der Waals surface area contributed by atoms with Crippen LogP contribution in [0.25, 0.3) is 0 Å². The summed E-state index contributed by atoms with van der Waals surface area (Å²) in [4.78, 5) is 11.8. The summed E-state index contributed by atoms with van der Waals surface area (Å²) in [6.45, 7) is 9.01. The van der Waals surface area contributed by atoms with Crippen molar-refractivity contribution in [3.63, 3.8) is 0 Å². The zero-order valence-electron chi connectivity index (χ0n) is 11.6. The van der Waals surface area contributed by atoms with Crippen molar-refractivity contribution >= 4 is 29.3 Å². The van der Waals surface area contributed by atoms with Gasteiger partial charge in [-0.05, 0) is 33.3 Å². The first-order chi connectivity index (χ1) is 9.23. The molecule has 0 aliphatic rings. The third-order valence-electron chi connectivity index (χ3n) is 2.21. The molecule has 110 valence electrons. The number of halogens is 2. The molecule has 0 aliphatic carbocycles. The van der Waals surface area contributed by atoms with Gasteiger partial charge in [-0.15, -0.1) is 16.8 Å². The van der Waals surface area contributed by atoms with Crippen molar-refractivity contribution in [3.05, 3.63) is 34.6 Å². The molecule has 0 saturated carbocycles. The van der Waals surface area contributed by atoms with Crippen molar-refractivity contribution < 1.29 is 9.53 Å². The first-order valence-corrected chi connectivity index (χ1v) is 6.77. The summed E-state index contributed by atoms with van der Waals surface area (Å²) < 4.78 is 5.21. The summed E-state index contributed by atoms with van der Waals surface area (Å²) in [5.41, 5.74) is -0.0155. The van der Waals surface area contributed by atoms with Gasteiger partial charge < -0.3 is 10.1 Å². The standard InChI is InChI=1S/C13H17Cl2N3O2/c1-5-6-9(16-12(19)20-13(2,3)4)8-7-10(14)17-18-11(8)15/h5,7,9H,1,6H2,2-4H3,(H,16,19). The second-order valence-electron chi connectivity index (χ2n) is 5.14. The highest BCUT2D eigenvalue weighted by Gasteiger charge is 2.22. The summed E-state index contributed by atoms with van der Waals surface area (Å²) in [5.74, 6) is 0. The fraction of sp³-hybridized carbons (Fsp3) is 0.462. The molecule has 0 saturated heterocycles. The van der Waals surface area contributed by atoms with Crippen LogP contribution < -0.4 is 5.32 Å². The maximum absolute atomic E-state index is 11.8. The molecule has 1 unspecified atom stereocenters. The van der Waals surface area contributed by atoms with Gasteiger partial charge in [0.15, 0.2) is 10.3 Å². The van der Waals surface area contributed by atoms with Crippen molar-refractivity contribution in [1.29, 1.82) is 0 Å². The lowest BCUT2D eigenvalue weighted by Crippen LogP contribution is -2.35. The number of ether oxygens (including phenoxy) is 1. The second-order valence-corrected chi connectivity index (χ2v) is 5.88. The number of hydrogen-bond donors (Lipinski definition) is 1. The fourth-order valence-electron chi connectivity index (χ4n) is 1.49. The molecular weight excluding hydrogens is 301 g/mol. The first-order valence-electron chi connectivity index (χ1n) is 6.02. The average molecular weight is 318 g/mol. The molecule has 1 atom stereocenters. The van der Waals surface area contributed by atoms with E-state index in [9.17, 15) is 4.79 Å². The molecule has 5 nitrogen and oxygen atoms in total. The maximum atomic E-state index is 11.8. The number of nitrogens with one attached hydrogen (secondary N) is 1. The molecule has 1 aromatic heterocycles. The predicted octanol–water partition coefficient (Wildman–Crippen LogP) is 3.93. The second kappa shape index (κ2) is 6.90. The predicted molar refractivity (Wildman–Crippen MR) is 79.0 cm³/mol. The van der Waals surface area contributed by atoms with Crippen LogP contribution in [-0.4, -0.2) is 21.9 Å². The minimum absolute atomic E-state index is 0.178. The van der Waals surface area contributed by atoms with Gasteiger partial charge in [0.1, 0.15) is 5.60 Å². The quantitative estimate of drug-likeness (QED) is 0.855. The van der Waals surface area contributed by atoms with Crippen LogP contribution in [0.15, 0.2) is 18.7 Å². The number of rotatable bonds is 4. The molecule has 7 heteroatoms. The van der Waals surface area contributed by atoms with Crippen LogP contribution in [0.5, 0.6) is 0 Å². The Bertz CT molecular complexity index is 501. The highest BCUT2D eigenvalue weighted by Crippen LogP contribution is 2.25. The summed E-state index contributed by atoms with van der Waals surface area (Å²) in [5, 5.41) is 10.4. The topological polar surface area (TPSA) is 64.1 Å². The van der Waals surface area contributed by atoms with Crippen molar-refractivity contribution in [2.45, 2.75) is 38.8 Å². The van der Waals surface area contributed by atoms with Crippen LogP contribution in [0.3, 0.4) is 0 Å². The molecule has 1 heterocycles. The van der Waals surface area contributed by atoms with E-state index in [0.717, 1.165) is 0 Å². The molecule has 0 fully saturated rings. The number of aromatic nitrogens is 2. The highest BCUT2D eigenvalue weighted by atomic mass is 35.5. The SMILES string of the molecule is C=CCC(NC(=O)OC(C)(C)C)c1cc(Cl)nnc1Cl. The van der Waals surface area contributed by atoms with Gasteiger partial charge in [-0.3, -0.25) is 0 Å². The van der Waals surface area contributed by atoms with E-state index >= 15 is 0 Å². The van der Waals surface area contributed by atoms with Gasteiger partial charge in [-0.2, -0.15) is 0 Å². The van der Waals surface area contributed by atoms with Crippen LogP contribution in [0.2, 0.25) is 10.3 Å². The van der Waals surface area contributed by atoms with Crippen molar-refractivity contribution in [1.82, 2.24) is 15.5 Å². The zero-order chi connectivity index (χ0) is 15.3. The minimum Gasteiger partial charge on any atom is -0.444 e. The fourth-order valence-corrected chi connectivity index (χ4v) is 1.87. The van der Waals surface area contributed by atoms with Gasteiger partial charge in [0.2, 0.25) is 0 Å². The molecular formula is C13H17Cl2N3O2. The summed E-state index contributed by atoms with van der Waals surface area (Å²) in [6, 6.07) is 1.13. The largest absolute Gasteiger partial charge is 0.444 e. The van der Waals surface area contributed by atoms with Gasteiger partial charge in [0.05, 0.1) is 6.04 Å². The Morgan fingerprint density at radius 2 is 2.15 bits per heavy atom. The third kappa shape index (κ3) is 5.35. The molecule has 1 aromatic rings. The Hall–Kier alpha value is -1.33. The third-order valence-corrected chi connectivity index (χ3v) is 2.69. The van der Waals surface area contributed by atoms with E-state index < -0.39 is 17.7 Å². The number of carbonyl (C=O) groups excluding carboxylic acids is 1. The van der Waals surface area contributed by atoms with Crippen LogP contribution >= 0.6 is 23.2 Å². The van der Waals surface area contributed by atoms with Gasteiger partial charge in [0.25, 0.3) is 0 Å². The molecule has 0 aromatic carbocycles. The van der Waals surface area contributed by atoms with E-state index in [-0.39, 0.29) is 10.3 Å². The highest BCUT2D eigenvalue weighted by molar-refractivity contribution is 6.31. The van der Waals surface area contributed by atoms with Crippen LogP contribution in [-0.2, 0) is 4.74 Å². The Balaban J connectivity index is 2.91. The van der Waals surface area contributed by atoms with E-state index in [0.29, 0.717) is 12.0 Å². The summed E-state index contributed by atoms with van der Waals surface area (Å²) in [6.07, 6.45) is 1.57. The van der Waals surface area contributed by atoms with Crippen LogP contribution in [0, 0.1) is 0 Å². The zero-order valence-corrected chi connectivity index (χ0v) is 13.1. The van der Waals surface area contributed by atoms with E-state index in [1.54, 1.807) is 32.9 Å². The lowest BCUT2D eigenvalue weighted by atomic mass is 10.1. The minimum atomic E-state index is -0.583. The maximum Gasteiger partial charge on any atom is 0.408 e. The van der Waals surface area contributed by atoms with E-state index in [2.05, 4.69) is 22.1 Å². The Morgan fingerprint density at radius 3 is 2.70 bits per heavy atom. The lowest BCUT2D eigenvalue weighted by Gasteiger charge is -2.23. The number of alkyl carbamates (subject to hydrolysis) is 1. The molecule has 20 heavy (non-hydrogen) atoms. The van der Waals surface area contributed by atoms with E-state index in [1.165, 1.54) is 0 Å². The first kappa shape index (κ1) is 16.7. The van der Waals surface area contributed by atoms with Gasteiger partial charge in [-0.1, -0.05) is 29.3 Å². The molecule has 0 aliphatic heterocycles. The Labute approximate surface area is 128 Å². The Morgan fingerprint density at radius 1 is 1.50 bits per heavy atom. The average Bonchev–Trinajstić information content (AvgIpc) is 2.29. The smallest absolute Gasteiger partial charge is 0.408 e. The monoisotopic (exact) mass is 317 g/mol. The van der Waals surface area contributed by atoms with Crippen LogP contribution in [0.4, 0.5) is 4.79 Å². The van der Waals surface area contributed by atoms with Gasteiger partial charge in [-0.25, -0.2) is 4.79 Å². The number of carbonyl (C=O) groups is 1. The summed E-state index contributed by atoms with van der Waals surface area (Å²) in [7, 11) is 0. The molecule has 1 amide bonds. The number of nitrogens with zero attached hydrogens (tertiary/aromatic N) is 2. The molecule has 0 radical (unpaired) electrons. The van der Waals surface area contributed by atoms with Crippen molar-refractivity contribution in [2.75, 3.05) is 0 Å². The van der Waals surface area contributed by atoms with Gasteiger partial charge in [0, 0.05) is 5.56 Å². The molecule has 1 N–H and O–H groups in total. The van der Waals surface area contributed by atoms with E-state index in [4.69, 9.17) is 27.9 Å². The Kier molecular flexibility index (Phi) is 5.77. The normalized spacial score (nSPS) is 12.7. The molecule has 0 spiro atoms. The summed E-state index contributed by atoms with van der Waals surface area (Å²) >= 11 is 11.8. The molecule has 0 bridgehead atoms. The van der Waals surface area contributed by atoms with Crippen molar-refractivity contribution in [2.24, 2.45) is 0 Å².